The van der Waals surface area contributed by atoms with E-state index in [-0.39, 0.29) is 5.97 Å². The van der Waals surface area contributed by atoms with Crippen molar-refractivity contribution >= 4 is 17.7 Å². The lowest BCUT2D eigenvalue weighted by atomic mass is 10.2. The molecule has 0 aromatic carbocycles. The van der Waals surface area contributed by atoms with E-state index >= 15 is 0 Å². The van der Waals surface area contributed by atoms with Crippen molar-refractivity contribution in [1.29, 1.82) is 0 Å². The van der Waals surface area contributed by atoms with Crippen LogP contribution in [0.1, 0.15) is 20.3 Å². The van der Waals surface area contributed by atoms with Crippen molar-refractivity contribution in [1.82, 2.24) is 19.7 Å². The van der Waals surface area contributed by atoms with Gasteiger partial charge in [-0.1, -0.05) is 11.8 Å². The average molecular weight is 306 g/mol. The maximum atomic E-state index is 11.3. The van der Waals surface area contributed by atoms with Gasteiger partial charge in [0.15, 0.2) is 11.0 Å². The summed E-state index contributed by atoms with van der Waals surface area (Å²) in [5, 5.41) is 9.26. The predicted molar refractivity (Wildman–Crippen MR) is 80.9 cm³/mol. The summed E-state index contributed by atoms with van der Waals surface area (Å²) in [7, 11) is 0. The molecule has 6 nitrogen and oxygen atoms in total. The van der Waals surface area contributed by atoms with Crippen molar-refractivity contribution in [3.63, 3.8) is 0 Å². The summed E-state index contributed by atoms with van der Waals surface area (Å²) in [6, 6.07) is 3.81. The molecule has 0 saturated carbocycles. The molecule has 2 aromatic heterocycles. The molecular weight excluding hydrogens is 288 g/mol. The van der Waals surface area contributed by atoms with Crippen LogP contribution in [-0.4, -0.2) is 38.1 Å². The van der Waals surface area contributed by atoms with Gasteiger partial charge < -0.3 is 9.30 Å². The molecule has 0 radical (unpaired) electrons. The summed E-state index contributed by atoms with van der Waals surface area (Å²) in [6.07, 6.45) is 3.84. The maximum absolute atomic E-state index is 11.3. The van der Waals surface area contributed by atoms with Crippen LogP contribution in [0.25, 0.3) is 11.4 Å². The zero-order valence-electron chi connectivity index (χ0n) is 12.2. The summed E-state index contributed by atoms with van der Waals surface area (Å²) < 4.78 is 6.94. The van der Waals surface area contributed by atoms with Gasteiger partial charge in [-0.15, -0.1) is 10.2 Å². The molecule has 21 heavy (non-hydrogen) atoms. The van der Waals surface area contributed by atoms with Gasteiger partial charge in [-0.05, 0) is 26.0 Å². The van der Waals surface area contributed by atoms with Gasteiger partial charge in [-0.2, -0.15) is 0 Å². The van der Waals surface area contributed by atoms with Gasteiger partial charge in [-0.3, -0.25) is 9.78 Å². The summed E-state index contributed by atoms with van der Waals surface area (Å²) in [5.74, 6) is 1.27. The van der Waals surface area contributed by atoms with E-state index in [1.807, 2.05) is 23.6 Å². The molecule has 112 valence electrons. The smallest absolute Gasteiger partial charge is 0.306 e. The third kappa shape index (κ3) is 4.04. The number of rotatable bonds is 7. The van der Waals surface area contributed by atoms with Gasteiger partial charge in [0.25, 0.3) is 0 Å². The van der Waals surface area contributed by atoms with Crippen molar-refractivity contribution < 1.29 is 9.53 Å². The van der Waals surface area contributed by atoms with E-state index in [1.54, 1.807) is 19.3 Å². The van der Waals surface area contributed by atoms with Crippen LogP contribution in [0.5, 0.6) is 0 Å². The highest BCUT2D eigenvalue weighted by Gasteiger charge is 2.13. The first-order valence-electron chi connectivity index (χ1n) is 6.88. The summed E-state index contributed by atoms with van der Waals surface area (Å²) in [5.41, 5.74) is 0.983. The van der Waals surface area contributed by atoms with Crippen molar-refractivity contribution in [2.24, 2.45) is 0 Å². The highest BCUT2D eigenvalue weighted by molar-refractivity contribution is 7.99. The maximum Gasteiger partial charge on any atom is 0.306 e. The Morgan fingerprint density at radius 1 is 1.29 bits per heavy atom. The van der Waals surface area contributed by atoms with Gasteiger partial charge in [0, 0.05) is 30.3 Å². The van der Waals surface area contributed by atoms with Crippen LogP contribution >= 0.6 is 11.8 Å². The van der Waals surface area contributed by atoms with Crippen molar-refractivity contribution in [2.75, 3.05) is 12.4 Å². The van der Waals surface area contributed by atoms with E-state index in [2.05, 4.69) is 15.2 Å². The fourth-order valence-electron chi connectivity index (χ4n) is 1.85. The van der Waals surface area contributed by atoms with Crippen LogP contribution in [0.4, 0.5) is 0 Å². The molecule has 0 bridgehead atoms. The van der Waals surface area contributed by atoms with Gasteiger partial charge in [0.2, 0.25) is 0 Å². The van der Waals surface area contributed by atoms with Crippen LogP contribution < -0.4 is 0 Å². The van der Waals surface area contributed by atoms with Gasteiger partial charge in [-0.25, -0.2) is 0 Å². The van der Waals surface area contributed by atoms with Crippen LogP contribution in [0.2, 0.25) is 0 Å². The Bertz CT molecular complexity index is 586. The highest BCUT2D eigenvalue weighted by atomic mass is 32.2. The summed E-state index contributed by atoms with van der Waals surface area (Å²) in [4.78, 5) is 15.3. The van der Waals surface area contributed by atoms with Crippen LogP contribution in [-0.2, 0) is 16.1 Å². The molecule has 2 rings (SSSR count). The molecule has 0 atom stereocenters. The second-order valence-electron chi connectivity index (χ2n) is 4.19. The molecule has 0 unspecified atom stereocenters. The molecule has 0 fully saturated rings. The molecule has 0 aliphatic heterocycles. The molecule has 0 N–H and O–H groups in total. The largest absolute Gasteiger partial charge is 0.466 e. The lowest BCUT2D eigenvalue weighted by molar-refractivity contribution is -0.142. The van der Waals surface area contributed by atoms with E-state index in [1.165, 1.54) is 11.8 Å². The van der Waals surface area contributed by atoms with Crippen LogP contribution in [0.3, 0.4) is 0 Å². The Balaban J connectivity index is 2.05. The fourth-order valence-corrected chi connectivity index (χ4v) is 2.78. The Morgan fingerprint density at radius 3 is 2.71 bits per heavy atom. The second kappa shape index (κ2) is 7.78. The number of aromatic nitrogens is 4. The summed E-state index contributed by atoms with van der Waals surface area (Å²) >= 11 is 1.51. The number of hydrogen-bond acceptors (Lipinski definition) is 6. The minimum Gasteiger partial charge on any atom is -0.466 e. The molecule has 0 aliphatic carbocycles. The zero-order chi connectivity index (χ0) is 15.1. The average Bonchev–Trinajstić information content (AvgIpc) is 2.91. The Hall–Kier alpha value is -1.89. The molecule has 2 aromatic rings. The first-order valence-corrected chi connectivity index (χ1v) is 7.86. The standard InChI is InChI=1S/C14H18N4O2S/c1-3-18-13(11-5-8-15-9-6-11)16-17-14(18)21-10-7-12(19)20-4-2/h5-6,8-9H,3-4,7,10H2,1-2H3. The molecule has 2 heterocycles. The first kappa shape index (κ1) is 15.5. The predicted octanol–water partition coefficient (Wildman–Crippen LogP) is 2.41. The molecular formula is C14H18N4O2S. The van der Waals surface area contributed by atoms with E-state index in [9.17, 15) is 4.79 Å². The summed E-state index contributed by atoms with van der Waals surface area (Å²) in [6.45, 7) is 5.04. The third-order valence-electron chi connectivity index (χ3n) is 2.81. The van der Waals surface area contributed by atoms with Gasteiger partial charge in [0.05, 0.1) is 13.0 Å². The Kier molecular flexibility index (Phi) is 5.74. The topological polar surface area (TPSA) is 69.9 Å². The van der Waals surface area contributed by atoms with Crippen LogP contribution in [0.15, 0.2) is 29.7 Å². The monoisotopic (exact) mass is 306 g/mol. The van der Waals surface area contributed by atoms with E-state index in [0.717, 1.165) is 23.1 Å². The van der Waals surface area contributed by atoms with Gasteiger partial charge in [0.1, 0.15) is 0 Å². The Morgan fingerprint density at radius 2 is 2.05 bits per heavy atom. The number of thioether (sulfide) groups is 1. The minimum absolute atomic E-state index is 0.179. The second-order valence-corrected chi connectivity index (χ2v) is 5.25. The number of hydrogen-bond donors (Lipinski definition) is 0. The Labute approximate surface area is 127 Å². The van der Waals surface area contributed by atoms with Gasteiger partial charge >= 0.3 is 5.97 Å². The first-order chi connectivity index (χ1) is 10.3. The number of esters is 1. The molecule has 0 saturated heterocycles. The third-order valence-corrected chi connectivity index (χ3v) is 3.78. The molecule has 7 heteroatoms. The van der Waals surface area contributed by atoms with Crippen molar-refractivity contribution in [3.05, 3.63) is 24.5 Å². The van der Waals surface area contributed by atoms with E-state index in [4.69, 9.17) is 4.74 Å². The SMILES string of the molecule is CCOC(=O)CCSc1nnc(-c2ccncc2)n1CC. The zero-order valence-corrected chi connectivity index (χ0v) is 13.0. The highest BCUT2D eigenvalue weighted by Crippen LogP contribution is 2.23. The molecule has 0 aliphatic rings. The number of ether oxygens (including phenoxy) is 1. The van der Waals surface area contributed by atoms with E-state index in [0.29, 0.717) is 18.8 Å². The quantitative estimate of drug-likeness (QED) is 0.578. The number of nitrogens with zero attached hydrogens (tertiary/aromatic N) is 4. The molecule has 0 amide bonds. The van der Waals surface area contributed by atoms with Crippen molar-refractivity contribution in [2.45, 2.75) is 32.0 Å². The van der Waals surface area contributed by atoms with E-state index < -0.39 is 0 Å². The molecule has 0 spiro atoms. The number of carbonyl (C=O) groups is 1. The number of carbonyl (C=O) groups excluding carboxylic acids is 1. The normalized spacial score (nSPS) is 10.6. The lowest BCUT2D eigenvalue weighted by Crippen LogP contribution is -2.05. The minimum atomic E-state index is -0.179. The number of pyridine rings is 1. The fraction of sp³-hybridized carbons (Fsp3) is 0.429. The van der Waals surface area contributed by atoms with Crippen molar-refractivity contribution in [3.8, 4) is 11.4 Å². The lowest BCUT2D eigenvalue weighted by Gasteiger charge is -2.07. The van der Waals surface area contributed by atoms with Crippen LogP contribution in [0, 0.1) is 0 Å².